The summed E-state index contributed by atoms with van der Waals surface area (Å²) in [5.41, 5.74) is 3.13. The number of nitrogens with zero attached hydrogens (tertiary/aromatic N) is 3. The molecule has 1 amide bonds. The van der Waals surface area contributed by atoms with Crippen molar-refractivity contribution in [2.75, 3.05) is 32.9 Å². The lowest BCUT2D eigenvalue weighted by atomic mass is 10.1. The van der Waals surface area contributed by atoms with E-state index in [4.69, 9.17) is 9.47 Å². The van der Waals surface area contributed by atoms with Gasteiger partial charge in [0, 0.05) is 25.2 Å². The molecule has 0 saturated carbocycles. The maximum absolute atomic E-state index is 13.2. The number of morpholine rings is 1. The SMILES string of the molecule is Cc1nc(C)c(C(=O)N2Cc3cc(CN4CCOCC4)ccc3OC[C@@H]2C)s1. The number of carbonyl (C=O) groups excluding carboxylic acids is 1. The maximum atomic E-state index is 13.2. The van der Waals surface area contributed by atoms with Gasteiger partial charge in [-0.1, -0.05) is 6.07 Å². The molecule has 1 aromatic heterocycles. The average Bonchev–Trinajstić information content (AvgIpc) is 2.93. The van der Waals surface area contributed by atoms with Crippen molar-refractivity contribution in [2.45, 2.75) is 39.9 Å². The minimum absolute atomic E-state index is 0.00407. The van der Waals surface area contributed by atoms with Crippen LogP contribution in [0.15, 0.2) is 18.2 Å². The first kappa shape index (κ1) is 19.4. The number of hydrogen-bond donors (Lipinski definition) is 0. The van der Waals surface area contributed by atoms with E-state index in [0.29, 0.717) is 13.2 Å². The van der Waals surface area contributed by atoms with Crippen LogP contribution < -0.4 is 4.74 Å². The molecule has 1 saturated heterocycles. The molecule has 4 rings (SSSR count). The Morgan fingerprint density at radius 1 is 1.29 bits per heavy atom. The molecule has 1 atom stereocenters. The zero-order valence-electron chi connectivity index (χ0n) is 16.7. The summed E-state index contributed by atoms with van der Waals surface area (Å²) in [6.45, 7) is 11.3. The first-order chi connectivity index (χ1) is 13.5. The van der Waals surface area contributed by atoms with Gasteiger partial charge in [-0.25, -0.2) is 4.98 Å². The first-order valence-corrected chi connectivity index (χ1v) is 10.6. The fourth-order valence-electron chi connectivity index (χ4n) is 3.78. The van der Waals surface area contributed by atoms with Gasteiger partial charge in [-0.15, -0.1) is 11.3 Å². The summed E-state index contributed by atoms with van der Waals surface area (Å²) in [5, 5.41) is 0.924. The number of ether oxygens (including phenoxy) is 2. The second-order valence-electron chi connectivity index (χ2n) is 7.57. The highest BCUT2D eigenvalue weighted by atomic mass is 32.1. The molecular formula is C21H27N3O3S. The Morgan fingerprint density at radius 2 is 2.07 bits per heavy atom. The van der Waals surface area contributed by atoms with Gasteiger partial charge in [-0.3, -0.25) is 9.69 Å². The van der Waals surface area contributed by atoms with Crippen LogP contribution in [-0.2, 0) is 17.8 Å². The summed E-state index contributed by atoms with van der Waals surface area (Å²) in [7, 11) is 0. The van der Waals surface area contributed by atoms with E-state index in [-0.39, 0.29) is 11.9 Å². The van der Waals surface area contributed by atoms with Crippen molar-refractivity contribution in [1.82, 2.24) is 14.8 Å². The van der Waals surface area contributed by atoms with Crippen LogP contribution in [0.3, 0.4) is 0 Å². The molecule has 3 heterocycles. The summed E-state index contributed by atoms with van der Waals surface area (Å²) < 4.78 is 11.5. The molecule has 150 valence electrons. The van der Waals surface area contributed by atoms with Crippen LogP contribution in [0, 0.1) is 13.8 Å². The lowest BCUT2D eigenvalue weighted by Crippen LogP contribution is -2.39. The molecule has 0 bridgehead atoms. The van der Waals surface area contributed by atoms with Crippen molar-refractivity contribution < 1.29 is 14.3 Å². The van der Waals surface area contributed by atoms with Gasteiger partial charge >= 0.3 is 0 Å². The number of aryl methyl sites for hydroxylation is 2. The van der Waals surface area contributed by atoms with Crippen LogP contribution in [0.5, 0.6) is 5.75 Å². The summed E-state index contributed by atoms with van der Waals surface area (Å²) in [6, 6.07) is 6.37. The second kappa shape index (κ2) is 8.19. The highest BCUT2D eigenvalue weighted by Gasteiger charge is 2.29. The van der Waals surface area contributed by atoms with E-state index in [1.165, 1.54) is 16.9 Å². The number of aromatic nitrogens is 1. The van der Waals surface area contributed by atoms with Gasteiger partial charge < -0.3 is 14.4 Å². The molecule has 7 heteroatoms. The monoisotopic (exact) mass is 401 g/mol. The molecule has 1 aromatic carbocycles. The fraction of sp³-hybridized carbons (Fsp3) is 0.524. The summed E-state index contributed by atoms with van der Waals surface area (Å²) in [6.07, 6.45) is 0. The Bertz CT molecular complexity index is 861. The Morgan fingerprint density at radius 3 is 2.79 bits per heavy atom. The molecule has 6 nitrogen and oxygen atoms in total. The third kappa shape index (κ3) is 4.06. The molecule has 2 aromatic rings. The van der Waals surface area contributed by atoms with Crippen molar-refractivity contribution in [2.24, 2.45) is 0 Å². The quantitative estimate of drug-likeness (QED) is 0.791. The fourth-order valence-corrected chi connectivity index (χ4v) is 4.66. The summed E-state index contributed by atoms with van der Waals surface area (Å²) in [4.78, 5) is 22.7. The second-order valence-corrected chi connectivity index (χ2v) is 8.77. The van der Waals surface area contributed by atoms with Gasteiger partial charge in [0.05, 0.1) is 36.5 Å². The largest absolute Gasteiger partial charge is 0.491 e. The first-order valence-electron chi connectivity index (χ1n) is 9.81. The average molecular weight is 402 g/mol. The van der Waals surface area contributed by atoms with Gasteiger partial charge in [0.2, 0.25) is 0 Å². The smallest absolute Gasteiger partial charge is 0.266 e. The van der Waals surface area contributed by atoms with Gasteiger partial charge in [-0.05, 0) is 38.5 Å². The highest BCUT2D eigenvalue weighted by Crippen LogP contribution is 2.29. The third-order valence-corrected chi connectivity index (χ3v) is 6.41. The molecule has 0 unspecified atom stereocenters. The summed E-state index contributed by atoms with van der Waals surface area (Å²) in [5.74, 6) is 0.927. The topological polar surface area (TPSA) is 54.9 Å². The number of amides is 1. The van der Waals surface area contributed by atoms with E-state index in [9.17, 15) is 4.79 Å². The van der Waals surface area contributed by atoms with Crippen LogP contribution in [0.4, 0.5) is 0 Å². The zero-order valence-corrected chi connectivity index (χ0v) is 17.6. The lowest BCUT2D eigenvalue weighted by Gasteiger charge is -2.27. The maximum Gasteiger partial charge on any atom is 0.266 e. The van der Waals surface area contributed by atoms with E-state index in [1.54, 1.807) is 0 Å². The molecular weight excluding hydrogens is 374 g/mol. The van der Waals surface area contributed by atoms with E-state index >= 15 is 0 Å². The Kier molecular flexibility index (Phi) is 5.66. The van der Waals surface area contributed by atoms with Crippen molar-refractivity contribution in [3.05, 3.63) is 44.9 Å². The Balaban J connectivity index is 1.56. The van der Waals surface area contributed by atoms with Crippen molar-refractivity contribution >= 4 is 17.2 Å². The number of fused-ring (bicyclic) bond motifs is 1. The van der Waals surface area contributed by atoms with Gasteiger partial charge in [0.1, 0.15) is 17.2 Å². The number of benzene rings is 1. The van der Waals surface area contributed by atoms with Crippen LogP contribution in [0.25, 0.3) is 0 Å². The van der Waals surface area contributed by atoms with E-state index in [2.05, 4.69) is 22.0 Å². The molecule has 0 N–H and O–H groups in total. The minimum Gasteiger partial charge on any atom is -0.491 e. The van der Waals surface area contributed by atoms with Gasteiger partial charge in [-0.2, -0.15) is 0 Å². The molecule has 0 spiro atoms. The van der Waals surface area contributed by atoms with Gasteiger partial charge in [0.25, 0.3) is 5.91 Å². The standard InChI is InChI=1S/C21H27N3O3S/c1-14-13-27-19-5-4-17(11-23-6-8-26-9-7-23)10-18(19)12-24(14)21(25)20-15(2)22-16(3)28-20/h4-5,10,14H,6-9,11-13H2,1-3H3/t14-/m0/s1. The predicted octanol–water partition coefficient (Wildman–Crippen LogP) is 3.02. The van der Waals surface area contributed by atoms with E-state index < -0.39 is 0 Å². The van der Waals surface area contributed by atoms with Crippen LogP contribution in [0.2, 0.25) is 0 Å². The lowest BCUT2D eigenvalue weighted by molar-refractivity contribution is 0.0341. The predicted molar refractivity (Wildman–Crippen MR) is 109 cm³/mol. The molecule has 2 aliphatic rings. The van der Waals surface area contributed by atoms with Crippen molar-refractivity contribution in [1.29, 1.82) is 0 Å². The Labute approximate surface area is 170 Å². The number of carbonyl (C=O) groups is 1. The van der Waals surface area contributed by atoms with Gasteiger partial charge in [0.15, 0.2) is 0 Å². The van der Waals surface area contributed by atoms with Crippen molar-refractivity contribution in [3.63, 3.8) is 0 Å². The molecule has 28 heavy (non-hydrogen) atoms. The zero-order chi connectivity index (χ0) is 19.7. The normalized spacial score (nSPS) is 20.4. The minimum atomic E-state index is 0.00407. The number of thiazole rings is 1. The summed E-state index contributed by atoms with van der Waals surface area (Å²) >= 11 is 1.47. The van der Waals surface area contributed by atoms with E-state index in [1.807, 2.05) is 31.7 Å². The van der Waals surface area contributed by atoms with Crippen molar-refractivity contribution in [3.8, 4) is 5.75 Å². The highest BCUT2D eigenvalue weighted by molar-refractivity contribution is 7.13. The van der Waals surface area contributed by atoms with E-state index in [0.717, 1.165) is 59.7 Å². The van der Waals surface area contributed by atoms with Crippen LogP contribution in [-0.4, -0.2) is 59.6 Å². The number of rotatable bonds is 3. The van der Waals surface area contributed by atoms with Crippen LogP contribution >= 0.6 is 11.3 Å². The molecule has 0 aliphatic carbocycles. The van der Waals surface area contributed by atoms with Crippen LogP contribution in [0.1, 0.15) is 38.4 Å². The third-order valence-electron chi connectivity index (χ3n) is 5.35. The Hall–Kier alpha value is -1.96. The number of hydrogen-bond acceptors (Lipinski definition) is 6. The molecule has 0 radical (unpaired) electrons. The molecule has 2 aliphatic heterocycles. The molecule has 1 fully saturated rings.